The number of ether oxygens (including phenoxy) is 1. The predicted octanol–water partition coefficient (Wildman–Crippen LogP) is 1.48. The standard InChI is InChI=1S/C11H12O2/c1-13-11-6-3-2-5-10(11)7-4-8(12)9(10)11/h2-3,5-6,9H,4,7H2,1H3. The van der Waals surface area contributed by atoms with Crippen LogP contribution in [-0.2, 0) is 9.53 Å². The minimum absolute atomic E-state index is 0.0353. The highest BCUT2D eigenvalue weighted by molar-refractivity contribution is 5.92. The summed E-state index contributed by atoms with van der Waals surface area (Å²) in [6.45, 7) is 0. The molecule has 0 aromatic heterocycles. The topological polar surface area (TPSA) is 26.3 Å². The van der Waals surface area contributed by atoms with Gasteiger partial charge in [-0.2, -0.15) is 0 Å². The molecular formula is C11H12O2. The fourth-order valence-electron chi connectivity index (χ4n) is 3.26. The van der Waals surface area contributed by atoms with Crippen LogP contribution in [0.5, 0.6) is 0 Å². The molecule has 3 atom stereocenters. The summed E-state index contributed by atoms with van der Waals surface area (Å²) in [7, 11) is 1.71. The van der Waals surface area contributed by atoms with Crippen LogP contribution < -0.4 is 0 Å². The molecule has 68 valence electrons. The summed E-state index contributed by atoms with van der Waals surface area (Å²) < 4.78 is 5.52. The summed E-state index contributed by atoms with van der Waals surface area (Å²) in [5, 5.41) is 0. The summed E-state index contributed by atoms with van der Waals surface area (Å²) >= 11 is 0. The minimum atomic E-state index is -0.267. The van der Waals surface area contributed by atoms with Gasteiger partial charge in [0, 0.05) is 18.9 Å². The van der Waals surface area contributed by atoms with Crippen LogP contribution in [0.25, 0.3) is 0 Å². The van der Waals surface area contributed by atoms with Gasteiger partial charge in [0.15, 0.2) is 0 Å². The van der Waals surface area contributed by atoms with E-state index >= 15 is 0 Å². The first-order valence-corrected chi connectivity index (χ1v) is 4.72. The first-order valence-electron chi connectivity index (χ1n) is 4.72. The maximum absolute atomic E-state index is 11.6. The van der Waals surface area contributed by atoms with Crippen LogP contribution in [0.4, 0.5) is 0 Å². The number of ketones is 1. The highest BCUT2D eigenvalue weighted by Crippen LogP contribution is 2.73. The molecule has 0 heterocycles. The molecule has 13 heavy (non-hydrogen) atoms. The number of carbonyl (C=O) groups excluding carboxylic acids is 1. The Morgan fingerprint density at radius 2 is 2.23 bits per heavy atom. The molecule has 0 aliphatic heterocycles. The molecule has 0 amide bonds. The van der Waals surface area contributed by atoms with Gasteiger partial charge in [-0.15, -0.1) is 0 Å². The molecule has 0 radical (unpaired) electrons. The highest BCUT2D eigenvalue weighted by atomic mass is 16.5. The molecule has 0 saturated heterocycles. The van der Waals surface area contributed by atoms with Gasteiger partial charge in [0.05, 0.1) is 5.92 Å². The second kappa shape index (κ2) is 1.95. The first-order chi connectivity index (χ1) is 6.27. The van der Waals surface area contributed by atoms with Crippen molar-refractivity contribution in [3.8, 4) is 0 Å². The van der Waals surface area contributed by atoms with Gasteiger partial charge >= 0.3 is 0 Å². The monoisotopic (exact) mass is 176 g/mol. The summed E-state index contributed by atoms with van der Waals surface area (Å²) in [6.07, 6.45) is 9.93. The van der Waals surface area contributed by atoms with Crippen LogP contribution in [0.3, 0.4) is 0 Å². The van der Waals surface area contributed by atoms with Gasteiger partial charge in [-0.3, -0.25) is 4.79 Å². The van der Waals surface area contributed by atoms with Crippen molar-refractivity contribution in [2.45, 2.75) is 18.4 Å². The minimum Gasteiger partial charge on any atom is -0.372 e. The Hall–Kier alpha value is -0.890. The van der Waals surface area contributed by atoms with Gasteiger partial charge in [-0.1, -0.05) is 24.3 Å². The molecule has 3 unspecified atom stereocenters. The van der Waals surface area contributed by atoms with Crippen molar-refractivity contribution < 1.29 is 9.53 Å². The molecule has 0 N–H and O–H groups in total. The number of carbonyl (C=O) groups is 1. The zero-order chi connectivity index (χ0) is 9.10. The quantitative estimate of drug-likeness (QED) is 0.605. The third-order valence-electron chi connectivity index (χ3n) is 3.88. The van der Waals surface area contributed by atoms with E-state index in [1.165, 1.54) is 0 Å². The van der Waals surface area contributed by atoms with Crippen LogP contribution in [-0.4, -0.2) is 18.5 Å². The van der Waals surface area contributed by atoms with E-state index in [0.717, 1.165) is 12.8 Å². The third kappa shape index (κ3) is 0.573. The van der Waals surface area contributed by atoms with E-state index < -0.39 is 0 Å². The number of Topliss-reactive ketones (excluding diaryl/α,β-unsaturated/α-hetero) is 1. The van der Waals surface area contributed by atoms with Crippen molar-refractivity contribution in [2.24, 2.45) is 11.3 Å². The number of methoxy groups -OCH3 is 1. The Balaban J connectivity index is 2.11. The lowest BCUT2D eigenvalue weighted by Gasteiger charge is -2.21. The second-order valence-electron chi connectivity index (χ2n) is 4.16. The van der Waals surface area contributed by atoms with Gasteiger partial charge in [-0.25, -0.2) is 0 Å². The average Bonchev–Trinajstić information content (AvgIpc) is 2.66. The van der Waals surface area contributed by atoms with Gasteiger partial charge in [0.2, 0.25) is 0 Å². The molecular weight excluding hydrogens is 164 g/mol. The van der Waals surface area contributed by atoms with E-state index in [2.05, 4.69) is 12.2 Å². The van der Waals surface area contributed by atoms with Crippen molar-refractivity contribution in [1.82, 2.24) is 0 Å². The predicted molar refractivity (Wildman–Crippen MR) is 48.2 cm³/mol. The molecule has 1 spiro atoms. The molecule has 0 bridgehead atoms. The third-order valence-corrected chi connectivity index (χ3v) is 3.88. The lowest BCUT2D eigenvalue weighted by atomic mass is 9.93. The van der Waals surface area contributed by atoms with Crippen LogP contribution in [0.2, 0.25) is 0 Å². The van der Waals surface area contributed by atoms with Crippen LogP contribution in [0.15, 0.2) is 24.3 Å². The van der Waals surface area contributed by atoms with Crippen LogP contribution in [0, 0.1) is 11.3 Å². The van der Waals surface area contributed by atoms with Crippen molar-refractivity contribution in [3.05, 3.63) is 24.3 Å². The van der Waals surface area contributed by atoms with E-state index in [0.29, 0.717) is 5.78 Å². The summed E-state index contributed by atoms with van der Waals surface area (Å²) in [4.78, 5) is 11.6. The summed E-state index contributed by atoms with van der Waals surface area (Å²) in [5.74, 6) is 0.484. The maximum atomic E-state index is 11.6. The van der Waals surface area contributed by atoms with Crippen molar-refractivity contribution >= 4 is 5.78 Å². The Bertz CT molecular complexity index is 324. The smallest absolute Gasteiger partial charge is 0.140 e. The number of rotatable bonds is 1. The largest absolute Gasteiger partial charge is 0.372 e. The molecule has 2 saturated carbocycles. The molecule has 3 rings (SSSR count). The zero-order valence-corrected chi connectivity index (χ0v) is 7.62. The Labute approximate surface area is 77.3 Å². The number of hydrogen-bond donors (Lipinski definition) is 0. The maximum Gasteiger partial charge on any atom is 0.140 e. The van der Waals surface area contributed by atoms with Crippen LogP contribution in [0.1, 0.15) is 12.8 Å². The average molecular weight is 176 g/mol. The van der Waals surface area contributed by atoms with E-state index in [1.54, 1.807) is 7.11 Å². The second-order valence-corrected chi connectivity index (χ2v) is 4.16. The van der Waals surface area contributed by atoms with Crippen molar-refractivity contribution in [3.63, 3.8) is 0 Å². The molecule has 3 aliphatic carbocycles. The van der Waals surface area contributed by atoms with E-state index in [1.807, 2.05) is 12.2 Å². The molecule has 2 heteroatoms. The number of hydrogen-bond acceptors (Lipinski definition) is 2. The number of allylic oxidation sites excluding steroid dienone is 2. The van der Waals surface area contributed by atoms with Gasteiger partial charge in [0.25, 0.3) is 0 Å². The van der Waals surface area contributed by atoms with E-state index in [-0.39, 0.29) is 16.9 Å². The summed E-state index contributed by atoms with van der Waals surface area (Å²) in [5.41, 5.74) is -0.231. The molecule has 3 aliphatic rings. The van der Waals surface area contributed by atoms with Crippen LogP contribution >= 0.6 is 0 Å². The normalized spacial score (nSPS) is 50.5. The van der Waals surface area contributed by atoms with Gasteiger partial charge in [0.1, 0.15) is 11.4 Å². The van der Waals surface area contributed by atoms with Gasteiger partial charge in [-0.05, 0) is 6.42 Å². The highest BCUT2D eigenvalue weighted by Gasteiger charge is 2.80. The van der Waals surface area contributed by atoms with Crippen molar-refractivity contribution in [1.29, 1.82) is 0 Å². The molecule has 0 aromatic carbocycles. The lowest BCUT2D eigenvalue weighted by Crippen LogP contribution is -2.24. The van der Waals surface area contributed by atoms with Crippen molar-refractivity contribution in [2.75, 3.05) is 7.11 Å². The fraction of sp³-hybridized carbons (Fsp3) is 0.545. The Morgan fingerprint density at radius 3 is 2.92 bits per heavy atom. The van der Waals surface area contributed by atoms with E-state index in [4.69, 9.17) is 4.74 Å². The Morgan fingerprint density at radius 1 is 1.46 bits per heavy atom. The fourth-order valence-corrected chi connectivity index (χ4v) is 3.26. The van der Waals surface area contributed by atoms with Gasteiger partial charge < -0.3 is 4.74 Å². The first kappa shape index (κ1) is 7.51. The molecule has 0 aromatic rings. The molecule has 2 nitrogen and oxygen atoms in total. The van der Waals surface area contributed by atoms with E-state index in [9.17, 15) is 4.79 Å². The Kier molecular flexibility index (Phi) is 1.13. The summed E-state index contributed by atoms with van der Waals surface area (Å²) in [6, 6.07) is 0. The lowest BCUT2D eigenvalue weighted by molar-refractivity contribution is -0.121. The zero-order valence-electron chi connectivity index (χ0n) is 7.62. The molecule has 2 fully saturated rings. The number of fused-ring (bicyclic) bond motifs is 1. The SMILES string of the molecule is COC12C=CC=CC13CCC(=O)C32.